The van der Waals surface area contributed by atoms with Crippen LogP contribution in [-0.4, -0.2) is 24.4 Å². The van der Waals surface area contributed by atoms with Crippen LogP contribution >= 0.6 is 0 Å². The molecule has 0 saturated carbocycles. The minimum Gasteiger partial charge on any atom is -0.495 e. The molecule has 0 aliphatic carbocycles. The van der Waals surface area contributed by atoms with Crippen LogP contribution in [0.25, 0.3) is 0 Å². The Labute approximate surface area is 115 Å². The van der Waals surface area contributed by atoms with Gasteiger partial charge in [0.1, 0.15) is 11.8 Å². The molecule has 0 spiro atoms. The number of hydrogen-bond donors (Lipinski definition) is 2. The maximum Gasteiger partial charge on any atom is 0.136 e. The summed E-state index contributed by atoms with van der Waals surface area (Å²) in [6.45, 7) is 5.17. The second-order valence-corrected chi connectivity index (χ2v) is 4.68. The van der Waals surface area contributed by atoms with Crippen molar-refractivity contribution in [2.45, 2.75) is 38.8 Å². The molecule has 1 aromatic carbocycles. The third-order valence-electron chi connectivity index (χ3n) is 3.49. The first-order valence-corrected chi connectivity index (χ1v) is 6.58. The second-order valence-electron chi connectivity index (χ2n) is 4.68. The van der Waals surface area contributed by atoms with Crippen molar-refractivity contribution < 1.29 is 9.84 Å². The monoisotopic (exact) mass is 262 g/mol. The summed E-state index contributed by atoms with van der Waals surface area (Å²) in [6, 6.07) is 7.58. The summed E-state index contributed by atoms with van der Waals surface area (Å²) in [5.74, 6) is 0.586. The van der Waals surface area contributed by atoms with E-state index in [0.717, 1.165) is 18.4 Å². The Balaban J connectivity index is 2.62. The van der Waals surface area contributed by atoms with E-state index in [2.05, 4.69) is 11.4 Å². The number of rotatable bonds is 7. The van der Waals surface area contributed by atoms with Gasteiger partial charge in [-0.15, -0.1) is 0 Å². The van der Waals surface area contributed by atoms with Crippen molar-refractivity contribution in [3.05, 3.63) is 29.3 Å². The summed E-state index contributed by atoms with van der Waals surface area (Å²) in [5.41, 5.74) is 0.923. The van der Waals surface area contributed by atoms with Crippen molar-refractivity contribution in [1.82, 2.24) is 5.32 Å². The molecule has 19 heavy (non-hydrogen) atoms. The standard InChI is InChI=1S/C15H22N2O2/c1-4-15(18,5-2)11-17-10-12-6-7-13(9-16)14(8-12)19-3/h6-8,17-18H,4-5,10-11H2,1-3H3. The van der Waals surface area contributed by atoms with Crippen LogP contribution in [0.3, 0.4) is 0 Å². The molecule has 0 heterocycles. The topological polar surface area (TPSA) is 65.3 Å². The first kappa shape index (κ1) is 15.5. The van der Waals surface area contributed by atoms with Crippen LogP contribution in [0.1, 0.15) is 37.8 Å². The number of aliphatic hydroxyl groups is 1. The number of methoxy groups -OCH3 is 1. The van der Waals surface area contributed by atoms with E-state index >= 15 is 0 Å². The largest absolute Gasteiger partial charge is 0.495 e. The van der Waals surface area contributed by atoms with Gasteiger partial charge >= 0.3 is 0 Å². The van der Waals surface area contributed by atoms with E-state index < -0.39 is 5.60 Å². The van der Waals surface area contributed by atoms with Gasteiger partial charge in [0, 0.05) is 13.1 Å². The van der Waals surface area contributed by atoms with Crippen molar-refractivity contribution in [3.63, 3.8) is 0 Å². The summed E-state index contributed by atoms with van der Waals surface area (Å²) in [5, 5.41) is 22.3. The second kappa shape index (κ2) is 7.13. The fourth-order valence-electron chi connectivity index (χ4n) is 1.88. The van der Waals surface area contributed by atoms with Gasteiger partial charge in [-0.25, -0.2) is 0 Å². The molecular formula is C15H22N2O2. The van der Waals surface area contributed by atoms with E-state index in [9.17, 15) is 5.11 Å². The van der Waals surface area contributed by atoms with Crippen LogP contribution in [0.15, 0.2) is 18.2 Å². The molecule has 0 atom stereocenters. The molecular weight excluding hydrogens is 240 g/mol. The molecule has 0 fully saturated rings. The minimum atomic E-state index is -0.642. The quantitative estimate of drug-likeness (QED) is 0.790. The van der Waals surface area contributed by atoms with Gasteiger partial charge in [-0.2, -0.15) is 5.26 Å². The predicted octanol–water partition coefficient (Wildman–Crippen LogP) is 2.21. The number of hydrogen-bond acceptors (Lipinski definition) is 4. The van der Waals surface area contributed by atoms with Gasteiger partial charge in [0.05, 0.1) is 18.3 Å². The van der Waals surface area contributed by atoms with E-state index in [1.165, 1.54) is 0 Å². The first-order valence-electron chi connectivity index (χ1n) is 6.58. The molecule has 0 saturated heterocycles. The van der Waals surface area contributed by atoms with Gasteiger partial charge in [-0.05, 0) is 30.5 Å². The highest BCUT2D eigenvalue weighted by atomic mass is 16.5. The smallest absolute Gasteiger partial charge is 0.136 e. The van der Waals surface area contributed by atoms with Crippen LogP contribution < -0.4 is 10.1 Å². The highest BCUT2D eigenvalue weighted by molar-refractivity contribution is 5.45. The zero-order valence-corrected chi connectivity index (χ0v) is 11.9. The number of nitriles is 1. The van der Waals surface area contributed by atoms with Gasteiger partial charge in [0.2, 0.25) is 0 Å². The molecule has 0 bridgehead atoms. The Hall–Kier alpha value is -1.57. The van der Waals surface area contributed by atoms with Crippen molar-refractivity contribution in [2.75, 3.05) is 13.7 Å². The fourth-order valence-corrected chi connectivity index (χ4v) is 1.88. The highest BCUT2D eigenvalue weighted by Crippen LogP contribution is 2.19. The van der Waals surface area contributed by atoms with E-state index in [1.807, 2.05) is 26.0 Å². The Morgan fingerprint density at radius 2 is 2.05 bits per heavy atom. The summed E-state index contributed by atoms with van der Waals surface area (Å²) in [7, 11) is 1.56. The van der Waals surface area contributed by atoms with Crippen molar-refractivity contribution in [2.24, 2.45) is 0 Å². The van der Waals surface area contributed by atoms with Crippen molar-refractivity contribution in [1.29, 1.82) is 5.26 Å². The molecule has 0 radical (unpaired) electrons. The molecule has 0 aliphatic rings. The highest BCUT2D eigenvalue weighted by Gasteiger charge is 2.21. The Morgan fingerprint density at radius 3 is 2.58 bits per heavy atom. The maximum atomic E-state index is 10.2. The number of nitrogens with one attached hydrogen (secondary N) is 1. The minimum absolute atomic E-state index is 0.532. The summed E-state index contributed by atoms with van der Waals surface area (Å²) >= 11 is 0. The molecule has 1 aromatic rings. The predicted molar refractivity (Wildman–Crippen MR) is 74.9 cm³/mol. The SMILES string of the molecule is CCC(O)(CC)CNCc1ccc(C#N)c(OC)c1. The van der Waals surface area contributed by atoms with Crippen molar-refractivity contribution >= 4 is 0 Å². The van der Waals surface area contributed by atoms with Gasteiger partial charge in [0.15, 0.2) is 0 Å². The van der Waals surface area contributed by atoms with Gasteiger partial charge in [-0.3, -0.25) is 0 Å². The lowest BCUT2D eigenvalue weighted by molar-refractivity contribution is 0.0323. The fraction of sp³-hybridized carbons (Fsp3) is 0.533. The maximum absolute atomic E-state index is 10.2. The molecule has 0 aromatic heterocycles. The lowest BCUT2D eigenvalue weighted by atomic mass is 9.97. The van der Waals surface area contributed by atoms with Crippen molar-refractivity contribution in [3.8, 4) is 11.8 Å². The lowest BCUT2D eigenvalue weighted by Crippen LogP contribution is -2.39. The summed E-state index contributed by atoms with van der Waals surface area (Å²) < 4.78 is 5.17. The van der Waals surface area contributed by atoms with Gasteiger partial charge in [0.25, 0.3) is 0 Å². The molecule has 0 unspecified atom stereocenters. The average molecular weight is 262 g/mol. The zero-order valence-electron chi connectivity index (χ0n) is 11.9. The van der Waals surface area contributed by atoms with Crippen LogP contribution in [0.4, 0.5) is 0 Å². The third-order valence-corrected chi connectivity index (χ3v) is 3.49. The summed E-state index contributed by atoms with van der Waals surface area (Å²) in [4.78, 5) is 0. The van der Waals surface area contributed by atoms with Crippen LogP contribution in [-0.2, 0) is 6.54 Å². The van der Waals surface area contributed by atoms with E-state index in [4.69, 9.17) is 10.00 Å². The van der Waals surface area contributed by atoms with Crippen LogP contribution in [0, 0.1) is 11.3 Å². The lowest BCUT2D eigenvalue weighted by Gasteiger charge is -2.25. The molecule has 4 nitrogen and oxygen atoms in total. The van der Waals surface area contributed by atoms with E-state index in [0.29, 0.717) is 24.4 Å². The summed E-state index contributed by atoms with van der Waals surface area (Å²) in [6.07, 6.45) is 1.46. The molecule has 2 N–H and O–H groups in total. The normalized spacial score (nSPS) is 11.1. The van der Waals surface area contributed by atoms with E-state index in [1.54, 1.807) is 13.2 Å². The molecule has 0 aliphatic heterocycles. The molecule has 0 amide bonds. The van der Waals surface area contributed by atoms with E-state index in [-0.39, 0.29) is 0 Å². The van der Waals surface area contributed by atoms with Gasteiger partial charge in [-0.1, -0.05) is 19.9 Å². The molecule has 4 heteroatoms. The van der Waals surface area contributed by atoms with Crippen LogP contribution in [0.2, 0.25) is 0 Å². The zero-order chi connectivity index (χ0) is 14.3. The Bertz CT molecular complexity index is 448. The Kier molecular flexibility index (Phi) is 5.81. The number of nitrogens with zero attached hydrogens (tertiary/aromatic N) is 1. The third kappa shape index (κ3) is 4.23. The van der Waals surface area contributed by atoms with Crippen LogP contribution in [0.5, 0.6) is 5.75 Å². The Morgan fingerprint density at radius 1 is 1.37 bits per heavy atom. The molecule has 104 valence electrons. The average Bonchev–Trinajstić information content (AvgIpc) is 2.46. The molecule has 1 rings (SSSR count). The van der Waals surface area contributed by atoms with Gasteiger partial charge < -0.3 is 15.2 Å². The number of ether oxygens (including phenoxy) is 1. The first-order chi connectivity index (χ1) is 9.08. The number of benzene rings is 1.